The third kappa shape index (κ3) is 3.95. The van der Waals surface area contributed by atoms with Crippen molar-refractivity contribution in [2.45, 2.75) is 26.2 Å². The Morgan fingerprint density at radius 3 is 2.80 bits per heavy atom. The fourth-order valence-corrected chi connectivity index (χ4v) is 2.38. The number of carbonyl (C=O) groups is 1. The van der Waals surface area contributed by atoms with Gasteiger partial charge in [-0.25, -0.2) is 0 Å². The fraction of sp³-hybridized carbons (Fsp3) is 0.375. The third-order valence-electron chi connectivity index (χ3n) is 3.45. The number of nitrogens with zero attached hydrogens (tertiary/aromatic N) is 2. The normalized spacial score (nSPS) is 12.3. The minimum atomic E-state index is -0.726. The molecule has 1 aromatic heterocycles. The Morgan fingerprint density at radius 1 is 1.40 bits per heavy atom. The van der Waals surface area contributed by atoms with E-state index in [1.54, 1.807) is 10.9 Å². The number of aryl methyl sites for hydroxylation is 3. The highest BCUT2D eigenvalue weighted by Gasteiger charge is 2.18. The van der Waals surface area contributed by atoms with Crippen LogP contribution in [0.4, 0.5) is 0 Å². The minimum absolute atomic E-state index is 0.350. The molecule has 0 saturated carbocycles. The van der Waals surface area contributed by atoms with Crippen LogP contribution in [0.3, 0.4) is 0 Å². The summed E-state index contributed by atoms with van der Waals surface area (Å²) in [4.78, 5) is 11.4. The van der Waals surface area contributed by atoms with Crippen LogP contribution in [0.15, 0.2) is 36.7 Å². The van der Waals surface area contributed by atoms with Gasteiger partial charge in [0.05, 0.1) is 12.1 Å². The van der Waals surface area contributed by atoms with Crippen LogP contribution in [0.2, 0.25) is 0 Å². The van der Waals surface area contributed by atoms with Crippen LogP contribution in [0, 0.1) is 12.8 Å². The molecule has 0 radical (unpaired) electrons. The average molecular weight is 272 g/mol. The number of aliphatic carboxylic acids is 1. The first-order chi connectivity index (χ1) is 9.54. The largest absolute Gasteiger partial charge is 0.481 e. The summed E-state index contributed by atoms with van der Waals surface area (Å²) in [5.41, 5.74) is 3.34. The molecule has 1 atom stereocenters. The van der Waals surface area contributed by atoms with Crippen LogP contribution >= 0.6 is 0 Å². The van der Waals surface area contributed by atoms with E-state index < -0.39 is 5.97 Å². The quantitative estimate of drug-likeness (QED) is 0.879. The third-order valence-corrected chi connectivity index (χ3v) is 3.45. The van der Waals surface area contributed by atoms with Crippen molar-refractivity contribution < 1.29 is 9.90 Å². The average Bonchev–Trinajstić information content (AvgIpc) is 2.80. The maximum Gasteiger partial charge on any atom is 0.306 e. The number of carboxylic acid groups (broad SMARTS) is 1. The zero-order valence-corrected chi connectivity index (χ0v) is 11.9. The van der Waals surface area contributed by atoms with E-state index >= 15 is 0 Å². The van der Waals surface area contributed by atoms with Crippen LogP contribution in [0.25, 0.3) is 0 Å². The molecule has 2 aromatic rings. The molecule has 0 aliphatic carbocycles. The van der Waals surface area contributed by atoms with E-state index in [9.17, 15) is 9.90 Å². The van der Waals surface area contributed by atoms with Crippen LogP contribution in [-0.4, -0.2) is 20.9 Å². The highest BCUT2D eigenvalue weighted by Crippen LogP contribution is 2.16. The zero-order valence-electron chi connectivity index (χ0n) is 11.9. The van der Waals surface area contributed by atoms with Crippen LogP contribution < -0.4 is 0 Å². The molecule has 4 heteroatoms. The van der Waals surface area contributed by atoms with Crippen molar-refractivity contribution in [1.29, 1.82) is 0 Å². The van der Waals surface area contributed by atoms with Gasteiger partial charge in [0, 0.05) is 13.2 Å². The Bertz CT molecular complexity index is 590. The molecule has 0 fully saturated rings. The van der Waals surface area contributed by atoms with Crippen molar-refractivity contribution in [2.24, 2.45) is 13.0 Å². The molecular weight excluding hydrogens is 252 g/mol. The number of carboxylic acids is 1. The van der Waals surface area contributed by atoms with Gasteiger partial charge in [0.2, 0.25) is 0 Å². The molecule has 1 aromatic carbocycles. The van der Waals surface area contributed by atoms with E-state index in [1.165, 1.54) is 5.56 Å². The van der Waals surface area contributed by atoms with Gasteiger partial charge in [0.15, 0.2) is 0 Å². The number of rotatable bonds is 6. The fourth-order valence-electron chi connectivity index (χ4n) is 2.38. The van der Waals surface area contributed by atoms with E-state index in [0.29, 0.717) is 12.8 Å². The summed E-state index contributed by atoms with van der Waals surface area (Å²) in [5, 5.41) is 13.5. The van der Waals surface area contributed by atoms with Crippen LogP contribution in [0.1, 0.15) is 23.1 Å². The standard InChI is InChI=1S/C16H20N2O2/c1-12-4-3-5-13(8-12)9-15(16(19)20)7-6-14-10-17-18(2)11-14/h3-5,8,10-11,15H,6-7,9H2,1-2H3,(H,19,20). The molecule has 0 aliphatic rings. The topological polar surface area (TPSA) is 55.1 Å². The maximum absolute atomic E-state index is 11.4. The summed E-state index contributed by atoms with van der Waals surface area (Å²) in [5.74, 6) is -1.08. The lowest BCUT2D eigenvalue weighted by molar-refractivity contribution is -0.141. The second kappa shape index (κ2) is 6.37. The van der Waals surface area contributed by atoms with Crippen molar-refractivity contribution in [2.75, 3.05) is 0 Å². The number of benzene rings is 1. The van der Waals surface area contributed by atoms with Crippen molar-refractivity contribution in [3.8, 4) is 0 Å². The lowest BCUT2D eigenvalue weighted by Gasteiger charge is -2.12. The predicted octanol–water partition coefficient (Wildman–Crippen LogP) is 2.60. The molecule has 106 valence electrons. The van der Waals surface area contributed by atoms with Crippen molar-refractivity contribution in [3.63, 3.8) is 0 Å². The van der Waals surface area contributed by atoms with Gasteiger partial charge in [-0.1, -0.05) is 29.8 Å². The first-order valence-electron chi connectivity index (χ1n) is 6.80. The maximum atomic E-state index is 11.4. The molecule has 1 heterocycles. The molecule has 4 nitrogen and oxygen atoms in total. The van der Waals surface area contributed by atoms with Gasteiger partial charge in [-0.05, 0) is 37.3 Å². The Morgan fingerprint density at radius 2 is 2.20 bits per heavy atom. The van der Waals surface area contributed by atoms with E-state index in [2.05, 4.69) is 11.2 Å². The SMILES string of the molecule is Cc1cccc(CC(CCc2cnn(C)c2)C(=O)O)c1. The molecule has 0 amide bonds. The zero-order chi connectivity index (χ0) is 14.5. The van der Waals surface area contributed by atoms with Crippen LogP contribution in [-0.2, 0) is 24.7 Å². The molecule has 20 heavy (non-hydrogen) atoms. The summed E-state index contributed by atoms with van der Waals surface area (Å²) in [6.07, 6.45) is 5.69. The van der Waals surface area contributed by atoms with Crippen molar-refractivity contribution in [1.82, 2.24) is 9.78 Å². The van der Waals surface area contributed by atoms with E-state index in [0.717, 1.165) is 17.5 Å². The highest BCUT2D eigenvalue weighted by molar-refractivity contribution is 5.70. The monoisotopic (exact) mass is 272 g/mol. The van der Waals surface area contributed by atoms with Gasteiger partial charge < -0.3 is 5.11 Å². The smallest absolute Gasteiger partial charge is 0.306 e. The molecular formula is C16H20N2O2. The molecule has 0 spiro atoms. The summed E-state index contributed by atoms with van der Waals surface area (Å²) in [6.45, 7) is 2.02. The molecule has 1 N–H and O–H groups in total. The number of hydrogen-bond acceptors (Lipinski definition) is 2. The predicted molar refractivity (Wildman–Crippen MR) is 77.5 cm³/mol. The van der Waals surface area contributed by atoms with E-state index in [-0.39, 0.29) is 5.92 Å². The number of hydrogen-bond donors (Lipinski definition) is 1. The second-order valence-corrected chi connectivity index (χ2v) is 5.29. The molecule has 0 saturated heterocycles. The summed E-state index contributed by atoms with van der Waals surface area (Å²) < 4.78 is 1.74. The highest BCUT2D eigenvalue weighted by atomic mass is 16.4. The van der Waals surface area contributed by atoms with Gasteiger partial charge >= 0.3 is 5.97 Å². The van der Waals surface area contributed by atoms with Gasteiger partial charge in [0.25, 0.3) is 0 Å². The molecule has 1 unspecified atom stereocenters. The molecule has 0 aliphatic heterocycles. The molecule has 0 bridgehead atoms. The Hall–Kier alpha value is -2.10. The van der Waals surface area contributed by atoms with Gasteiger partial charge in [0.1, 0.15) is 0 Å². The Kier molecular flexibility index (Phi) is 4.56. The summed E-state index contributed by atoms with van der Waals surface area (Å²) >= 11 is 0. The number of aromatic nitrogens is 2. The lowest BCUT2D eigenvalue weighted by atomic mass is 9.93. The Labute approximate surface area is 119 Å². The Balaban J connectivity index is 1.98. The van der Waals surface area contributed by atoms with Crippen molar-refractivity contribution >= 4 is 5.97 Å². The van der Waals surface area contributed by atoms with Crippen molar-refractivity contribution in [3.05, 3.63) is 53.3 Å². The second-order valence-electron chi connectivity index (χ2n) is 5.29. The first kappa shape index (κ1) is 14.3. The van der Waals surface area contributed by atoms with E-state index in [1.807, 2.05) is 38.4 Å². The minimum Gasteiger partial charge on any atom is -0.481 e. The van der Waals surface area contributed by atoms with Crippen LogP contribution in [0.5, 0.6) is 0 Å². The van der Waals surface area contributed by atoms with Gasteiger partial charge in [-0.3, -0.25) is 9.48 Å². The summed E-state index contributed by atoms with van der Waals surface area (Å²) in [7, 11) is 1.87. The van der Waals surface area contributed by atoms with E-state index in [4.69, 9.17) is 0 Å². The van der Waals surface area contributed by atoms with Gasteiger partial charge in [-0.15, -0.1) is 0 Å². The first-order valence-corrected chi connectivity index (χ1v) is 6.80. The summed E-state index contributed by atoms with van der Waals surface area (Å²) in [6, 6.07) is 8.05. The molecule has 2 rings (SSSR count). The lowest BCUT2D eigenvalue weighted by Crippen LogP contribution is -2.17. The van der Waals surface area contributed by atoms with Gasteiger partial charge in [-0.2, -0.15) is 5.10 Å².